The molecule has 1 fully saturated rings. The van der Waals surface area contributed by atoms with Crippen LogP contribution in [0.3, 0.4) is 0 Å². The Hall–Kier alpha value is -1.80. The maximum atomic E-state index is 13.3. The van der Waals surface area contributed by atoms with Gasteiger partial charge in [0, 0.05) is 31.4 Å². The number of aromatic nitrogens is 2. The molecule has 1 aliphatic heterocycles. The summed E-state index contributed by atoms with van der Waals surface area (Å²) in [6, 6.07) is 4.07. The molecule has 2 N–H and O–H groups in total. The van der Waals surface area contributed by atoms with E-state index in [2.05, 4.69) is 36.3 Å². The third-order valence-corrected chi connectivity index (χ3v) is 5.37. The first-order valence-corrected chi connectivity index (χ1v) is 8.91. The Kier molecular flexibility index (Phi) is 5.48. The summed E-state index contributed by atoms with van der Waals surface area (Å²) in [6.45, 7) is 3.97. The van der Waals surface area contributed by atoms with Crippen LogP contribution in [0.1, 0.15) is 34.6 Å². The minimum absolute atomic E-state index is 0.0811. The molecule has 1 aromatic carbocycles. The normalized spacial score (nSPS) is 16.2. The molecule has 8 heteroatoms. The molecule has 0 unspecified atom stereocenters. The van der Waals surface area contributed by atoms with Gasteiger partial charge in [-0.1, -0.05) is 6.07 Å². The van der Waals surface area contributed by atoms with E-state index in [1.807, 2.05) is 6.92 Å². The zero-order valence-corrected chi connectivity index (χ0v) is 15.4. The Labute approximate surface area is 152 Å². The van der Waals surface area contributed by atoms with Crippen LogP contribution in [0.25, 0.3) is 0 Å². The van der Waals surface area contributed by atoms with Gasteiger partial charge in [0.2, 0.25) is 0 Å². The zero-order valence-electron chi connectivity index (χ0n) is 13.8. The number of nitrogens with zero attached hydrogens (tertiary/aromatic N) is 2. The maximum absolute atomic E-state index is 13.3. The van der Waals surface area contributed by atoms with Crippen molar-refractivity contribution >= 4 is 21.8 Å². The standard InChI is InChI=1S/C17H19BrF2N4O/c1-10-15(18)16(23-22-10)17(25)21-12-4-6-24(7-5-12)9-11-2-3-13(19)14(20)8-11/h2-3,8,12H,4-7,9H2,1H3,(H,21,25)(H,22,23). The highest BCUT2D eigenvalue weighted by molar-refractivity contribution is 9.10. The van der Waals surface area contributed by atoms with Gasteiger partial charge in [-0.3, -0.25) is 14.8 Å². The van der Waals surface area contributed by atoms with E-state index in [4.69, 9.17) is 0 Å². The van der Waals surface area contributed by atoms with Crippen molar-refractivity contribution in [3.05, 3.63) is 51.3 Å². The molecule has 25 heavy (non-hydrogen) atoms. The topological polar surface area (TPSA) is 61.0 Å². The number of likely N-dealkylation sites (tertiary alicyclic amines) is 1. The fourth-order valence-corrected chi connectivity index (χ4v) is 3.31. The molecule has 0 radical (unpaired) electrons. The van der Waals surface area contributed by atoms with Crippen molar-refractivity contribution in [3.8, 4) is 0 Å². The summed E-state index contributed by atoms with van der Waals surface area (Å²) in [5.41, 5.74) is 1.92. The zero-order chi connectivity index (χ0) is 18.0. The molecule has 5 nitrogen and oxygen atoms in total. The predicted molar refractivity (Wildman–Crippen MR) is 93.1 cm³/mol. The number of hydrogen-bond acceptors (Lipinski definition) is 3. The summed E-state index contributed by atoms with van der Waals surface area (Å²) in [4.78, 5) is 14.4. The van der Waals surface area contributed by atoms with Gasteiger partial charge in [-0.05, 0) is 53.4 Å². The number of rotatable bonds is 4. The lowest BCUT2D eigenvalue weighted by atomic mass is 10.0. The van der Waals surface area contributed by atoms with E-state index in [1.54, 1.807) is 6.07 Å². The lowest BCUT2D eigenvalue weighted by Gasteiger charge is -2.32. The highest BCUT2D eigenvalue weighted by Gasteiger charge is 2.23. The van der Waals surface area contributed by atoms with Crippen LogP contribution in [0.2, 0.25) is 0 Å². The summed E-state index contributed by atoms with van der Waals surface area (Å²) in [6.07, 6.45) is 1.60. The fourth-order valence-electron chi connectivity index (χ4n) is 2.95. The summed E-state index contributed by atoms with van der Waals surface area (Å²) in [7, 11) is 0. The van der Waals surface area contributed by atoms with Gasteiger partial charge in [0.15, 0.2) is 17.3 Å². The number of amides is 1. The highest BCUT2D eigenvalue weighted by atomic mass is 79.9. The summed E-state index contributed by atoms with van der Waals surface area (Å²) in [5, 5.41) is 9.78. The predicted octanol–water partition coefficient (Wildman–Crippen LogP) is 3.15. The van der Waals surface area contributed by atoms with Crippen LogP contribution in [0.4, 0.5) is 8.78 Å². The minimum Gasteiger partial charge on any atom is -0.348 e. The maximum Gasteiger partial charge on any atom is 0.273 e. The van der Waals surface area contributed by atoms with Crippen molar-refractivity contribution < 1.29 is 13.6 Å². The molecule has 1 amide bonds. The number of carbonyl (C=O) groups excluding carboxylic acids is 1. The average molecular weight is 413 g/mol. The van der Waals surface area contributed by atoms with Crippen LogP contribution in [0.5, 0.6) is 0 Å². The second-order valence-corrected chi connectivity index (χ2v) is 7.08. The summed E-state index contributed by atoms with van der Waals surface area (Å²) >= 11 is 3.35. The first-order valence-electron chi connectivity index (χ1n) is 8.11. The Morgan fingerprint density at radius 3 is 2.68 bits per heavy atom. The number of halogens is 3. The van der Waals surface area contributed by atoms with E-state index >= 15 is 0 Å². The van der Waals surface area contributed by atoms with Crippen molar-refractivity contribution in [2.24, 2.45) is 0 Å². The molecule has 134 valence electrons. The van der Waals surface area contributed by atoms with Crippen molar-refractivity contribution in [2.45, 2.75) is 32.4 Å². The first-order chi connectivity index (χ1) is 11.9. The van der Waals surface area contributed by atoms with Crippen molar-refractivity contribution in [1.29, 1.82) is 0 Å². The second-order valence-electron chi connectivity index (χ2n) is 6.28. The molecule has 0 spiro atoms. The second kappa shape index (κ2) is 7.61. The highest BCUT2D eigenvalue weighted by Crippen LogP contribution is 2.20. The number of nitrogens with one attached hydrogen (secondary N) is 2. The van der Waals surface area contributed by atoms with Crippen molar-refractivity contribution in [1.82, 2.24) is 20.4 Å². The molecule has 0 bridgehead atoms. The lowest BCUT2D eigenvalue weighted by molar-refractivity contribution is 0.0903. The van der Waals surface area contributed by atoms with E-state index < -0.39 is 11.6 Å². The fraction of sp³-hybridized carbons (Fsp3) is 0.412. The number of H-pyrrole nitrogens is 1. The molecule has 3 rings (SSSR count). The van der Waals surface area contributed by atoms with Crippen LogP contribution >= 0.6 is 15.9 Å². The van der Waals surface area contributed by atoms with Crippen LogP contribution in [0, 0.1) is 18.6 Å². The Morgan fingerprint density at radius 2 is 2.08 bits per heavy atom. The van der Waals surface area contributed by atoms with Crippen molar-refractivity contribution in [2.75, 3.05) is 13.1 Å². The van der Waals surface area contributed by atoms with E-state index in [0.717, 1.165) is 43.3 Å². The molecule has 1 aromatic heterocycles. The van der Waals surface area contributed by atoms with Crippen LogP contribution in [0.15, 0.2) is 22.7 Å². The van der Waals surface area contributed by atoms with Gasteiger partial charge in [-0.2, -0.15) is 5.10 Å². The number of carbonyl (C=O) groups is 1. The van der Waals surface area contributed by atoms with Crippen LogP contribution in [-0.2, 0) is 6.54 Å². The monoisotopic (exact) mass is 412 g/mol. The number of hydrogen-bond donors (Lipinski definition) is 2. The van der Waals surface area contributed by atoms with Gasteiger partial charge in [0.1, 0.15) is 0 Å². The molecular formula is C17H19BrF2N4O. The van der Waals surface area contributed by atoms with Gasteiger partial charge < -0.3 is 5.32 Å². The molecule has 2 heterocycles. The van der Waals surface area contributed by atoms with E-state index in [1.165, 1.54) is 6.07 Å². The molecule has 1 aliphatic rings. The molecule has 2 aromatic rings. The lowest BCUT2D eigenvalue weighted by Crippen LogP contribution is -2.44. The van der Waals surface area contributed by atoms with E-state index in [0.29, 0.717) is 16.7 Å². The average Bonchev–Trinajstić information content (AvgIpc) is 2.92. The molecular weight excluding hydrogens is 394 g/mol. The summed E-state index contributed by atoms with van der Waals surface area (Å²) in [5.74, 6) is -1.85. The smallest absolute Gasteiger partial charge is 0.273 e. The van der Waals surface area contributed by atoms with Crippen LogP contribution in [-0.4, -0.2) is 40.1 Å². The van der Waals surface area contributed by atoms with Gasteiger partial charge in [-0.15, -0.1) is 0 Å². The largest absolute Gasteiger partial charge is 0.348 e. The number of benzene rings is 1. The molecule has 0 saturated carbocycles. The van der Waals surface area contributed by atoms with E-state index in [9.17, 15) is 13.6 Å². The third-order valence-electron chi connectivity index (χ3n) is 4.40. The third kappa shape index (κ3) is 4.24. The SMILES string of the molecule is Cc1[nH]nc(C(=O)NC2CCN(Cc3ccc(F)c(F)c3)CC2)c1Br. The summed E-state index contributed by atoms with van der Waals surface area (Å²) < 4.78 is 26.9. The van der Waals surface area contributed by atoms with E-state index in [-0.39, 0.29) is 11.9 Å². The minimum atomic E-state index is -0.829. The molecule has 0 aliphatic carbocycles. The van der Waals surface area contributed by atoms with Gasteiger partial charge in [-0.25, -0.2) is 8.78 Å². The van der Waals surface area contributed by atoms with Crippen molar-refractivity contribution in [3.63, 3.8) is 0 Å². The Balaban J connectivity index is 1.51. The van der Waals surface area contributed by atoms with Gasteiger partial charge >= 0.3 is 0 Å². The number of aryl methyl sites for hydroxylation is 1. The molecule has 0 atom stereocenters. The number of aromatic amines is 1. The van der Waals surface area contributed by atoms with Crippen LogP contribution < -0.4 is 5.32 Å². The number of piperidine rings is 1. The molecule has 1 saturated heterocycles. The van der Waals surface area contributed by atoms with Gasteiger partial charge in [0.25, 0.3) is 5.91 Å². The Morgan fingerprint density at radius 1 is 1.36 bits per heavy atom. The quantitative estimate of drug-likeness (QED) is 0.810. The Bertz CT molecular complexity index is 772. The van der Waals surface area contributed by atoms with Gasteiger partial charge in [0.05, 0.1) is 4.47 Å². The first kappa shape index (κ1) is 18.0.